The lowest BCUT2D eigenvalue weighted by atomic mass is 10.0. The highest BCUT2D eigenvalue weighted by Gasteiger charge is 2.14. The molecule has 0 aliphatic heterocycles. The predicted molar refractivity (Wildman–Crippen MR) is 101 cm³/mol. The number of aromatic nitrogens is 1. The van der Waals surface area contributed by atoms with Crippen LogP contribution in [0.3, 0.4) is 0 Å². The number of carbonyl (C=O) groups is 1. The van der Waals surface area contributed by atoms with Crippen molar-refractivity contribution in [3.63, 3.8) is 0 Å². The summed E-state index contributed by atoms with van der Waals surface area (Å²) in [4.78, 5) is 17.2. The maximum atomic E-state index is 12.7. The topological polar surface area (TPSA) is 42.0 Å². The Labute approximate surface area is 150 Å². The second-order valence-corrected chi connectivity index (χ2v) is 6.91. The number of carbonyl (C=O) groups excluding carboxylic acids is 1. The predicted octanol–water partition coefficient (Wildman–Crippen LogP) is 4.84. The smallest absolute Gasteiger partial charge is 0.252 e. The summed E-state index contributed by atoms with van der Waals surface area (Å²) < 4.78 is 0.937. The number of pyridine rings is 1. The summed E-state index contributed by atoms with van der Waals surface area (Å²) in [6.07, 6.45) is 0. The zero-order valence-electron chi connectivity index (χ0n) is 13.7. The molecule has 122 valence electrons. The van der Waals surface area contributed by atoms with Gasteiger partial charge < -0.3 is 5.32 Å². The number of benzene rings is 2. The van der Waals surface area contributed by atoms with Crippen molar-refractivity contribution in [1.82, 2.24) is 10.3 Å². The van der Waals surface area contributed by atoms with E-state index in [1.54, 1.807) is 0 Å². The highest BCUT2D eigenvalue weighted by Crippen LogP contribution is 2.23. The van der Waals surface area contributed by atoms with E-state index in [0.717, 1.165) is 21.1 Å². The number of amides is 1. The number of halogens is 1. The van der Waals surface area contributed by atoms with E-state index in [2.05, 4.69) is 45.3 Å². The van der Waals surface area contributed by atoms with E-state index >= 15 is 0 Å². The third-order valence-corrected chi connectivity index (χ3v) is 4.57. The maximum Gasteiger partial charge on any atom is 0.252 e. The number of aryl methyl sites for hydroxylation is 1. The van der Waals surface area contributed by atoms with Gasteiger partial charge in [0, 0.05) is 22.1 Å². The Morgan fingerprint density at radius 2 is 1.92 bits per heavy atom. The standard InChI is InChI=1S/C20H19BrN2O/c1-13(15-6-4-3-5-7-15)12-22-20(24)18-10-14(2)23-19-9-8-16(21)11-17(18)19/h3-11,13H,12H2,1-2H3,(H,22,24)/t13-/m1/s1. The van der Waals surface area contributed by atoms with Gasteiger partial charge in [0.15, 0.2) is 0 Å². The quantitative estimate of drug-likeness (QED) is 0.701. The fraction of sp³-hybridized carbons (Fsp3) is 0.200. The molecule has 1 amide bonds. The average molecular weight is 383 g/mol. The van der Waals surface area contributed by atoms with Gasteiger partial charge in [0.25, 0.3) is 5.91 Å². The van der Waals surface area contributed by atoms with Gasteiger partial charge in [-0.1, -0.05) is 53.2 Å². The molecule has 1 N–H and O–H groups in total. The van der Waals surface area contributed by atoms with Crippen LogP contribution in [0.2, 0.25) is 0 Å². The normalized spacial score (nSPS) is 12.1. The van der Waals surface area contributed by atoms with Crippen LogP contribution in [0.5, 0.6) is 0 Å². The molecule has 0 fully saturated rings. The molecule has 0 aliphatic carbocycles. The van der Waals surface area contributed by atoms with Crippen LogP contribution in [-0.4, -0.2) is 17.4 Å². The molecule has 0 bridgehead atoms. The van der Waals surface area contributed by atoms with Crippen molar-refractivity contribution < 1.29 is 4.79 Å². The van der Waals surface area contributed by atoms with Crippen LogP contribution in [-0.2, 0) is 0 Å². The molecule has 0 unspecified atom stereocenters. The van der Waals surface area contributed by atoms with Gasteiger partial charge >= 0.3 is 0 Å². The Bertz CT molecular complexity index is 877. The van der Waals surface area contributed by atoms with Crippen LogP contribution in [0.15, 0.2) is 59.1 Å². The Hall–Kier alpha value is -2.20. The molecule has 0 saturated carbocycles. The minimum Gasteiger partial charge on any atom is -0.351 e. The Balaban J connectivity index is 1.82. The molecule has 2 aromatic carbocycles. The highest BCUT2D eigenvalue weighted by atomic mass is 79.9. The lowest BCUT2D eigenvalue weighted by Gasteiger charge is -2.14. The first-order valence-corrected chi connectivity index (χ1v) is 8.74. The first-order valence-electron chi connectivity index (χ1n) is 7.94. The molecule has 24 heavy (non-hydrogen) atoms. The van der Waals surface area contributed by atoms with Crippen LogP contribution in [0.1, 0.15) is 34.5 Å². The molecule has 0 spiro atoms. The van der Waals surface area contributed by atoms with Crippen molar-refractivity contribution >= 4 is 32.7 Å². The zero-order valence-corrected chi connectivity index (χ0v) is 15.3. The first kappa shape index (κ1) is 16.7. The molecule has 0 aliphatic rings. The van der Waals surface area contributed by atoms with E-state index in [1.807, 2.05) is 49.4 Å². The van der Waals surface area contributed by atoms with Crippen LogP contribution in [0, 0.1) is 6.92 Å². The lowest BCUT2D eigenvalue weighted by Crippen LogP contribution is -2.27. The van der Waals surface area contributed by atoms with Crippen molar-refractivity contribution in [3.8, 4) is 0 Å². The van der Waals surface area contributed by atoms with Gasteiger partial charge in [0.2, 0.25) is 0 Å². The van der Waals surface area contributed by atoms with Gasteiger partial charge in [0.1, 0.15) is 0 Å². The Kier molecular flexibility index (Phi) is 4.95. The van der Waals surface area contributed by atoms with E-state index in [4.69, 9.17) is 0 Å². The minimum atomic E-state index is -0.0635. The van der Waals surface area contributed by atoms with Crippen LogP contribution in [0.4, 0.5) is 0 Å². The molecule has 1 aromatic heterocycles. The van der Waals surface area contributed by atoms with E-state index < -0.39 is 0 Å². The maximum absolute atomic E-state index is 12.7. The number of rotatable bonds is 4. The van der Waals surface area contributed by atoms with Gasteiger partial charge in [-0.15, -0.1) is 0 Å². The average Bonchev–Trinajstić information content (AvgIpc) is 2.59. The Morgan fingerprint density at radius 3 is 2.67 bits per heavy atom. The summed E-state index contributed by atoms with van der Waals surface area (Å²) in [7, 11) is 0. The van der Waals surface area contributed by atoms with Crippen molar-refractivity contribution in [3.05, 3.63) is 75.9 Å². The van der Waals surface area contributed by atoms with Gasteiger partial charge in [-0.05, 0) is 42.7 Å². The fourth-order valence-electron chi connectivity index (χ4n) is 2.76. The lowest BCUT2D eigenvalue weighted by molar-refractivity contribution is 0.0953. The first-order chi connectivity index (χ1) is 11.5. The van der Waals surface area contributed by atoms with Gasteiger partial charge in [0.05, 0.1) is 11.1 Å². The number of nitrogens with one attached hydrogen (secondary N) is 1. The van der Waals surface area contributed by atoms with Gasteiger partial charge in [-0.3, -0.25) is 9.78 Å². The van der Waals surface area contributed by atoms with E-state index in [9.17, 15) is 4.79 Å². The van der Waals surface area contributed by atoms with Gasteiger partial charge in [-0.2, -0.15) is 0 Å². The number of fused-ring (bicyclic) bond motifs is 1. The fourth-order valence-corrected chi connectivity index (χ4v) is 3.12. The molecule has 1 atom stereocenters. The summed E-state index contributed by atoms with van der Waals surface area (Å²) in [5, 5.41) is 3.91. The molecular weight excluding hydrogens is 364 g/mol. The van der Waals surface area contributed by atoms with Crippen LogP contribution >= 0.6 is 15.9 Å². The van der Waals surface area contributed by atoms with E-state index in [-0.39, 0.29) is 11.8 Å². The molecule has 0 saturated heterocycles. The van der Waals surface area contributed by atoms with E-state index in [1.165, 1.54) is 5.56 Å². The summed E-state index contributed by atoms with van der Waals surface area (Å²) in [6.45, 7) is 4.62. The van der Waals surface area contributed by atoms with Crippen molar-refractivity contribution in [1.29, 1.82) is 0 Å². The second kappa shape index (κ2) is 7.14. The molecular formula is C20H19BrN2O. The molecule has 3 nitrogen and oxygen atoms in total. The SMILES string of the molecule is Cc1cc(C(=O)NC[C@@H](C)c2ccccc2)c2cc(Br)ccc2n1. The minimum absolute atomic E-state index is 0.0635. The van der Waals surface area contributed by atoms with Crippen molar-refractivity contribution in [2.24, 2.45) is 0 Å². The molecule has 3 rings (SSSR count). The molecule has 0 radical (unpaired) electrons. The largest absolute Gasteiger partial charge is 0.351 e. The molecule has 4 heteroatoms. The summed E-state index contributed by atoms with van der Waals surface area (Å²) in [6, 6.07) is 17.9. The third kappa shape index (κ3) is 3.65. The monoisotopic (exact) mass is 382 g/mol. The number of hydrogen-bond acceptors (Lipinski definition) is 2. The number of nitrogens with zero attached hydrogens (tertiary/aromatic N) is 1. The summed E-state index contributed by atoms with van der Waals surface area (Å²) >= 11 is 3.47. The van der Waals surface area contributed by atoms with Crippen LogP contribution < -0.4 is 5.32 Å². The summed E-state index contributed by atoms with van der Waals surface area (Å²) in [5.41, 5.74) is 3.56. The molecule has 3 aromatic rings. The van der Waals surface area contributed by atoms with Gasteiger partial charge in [-0.25, -0.2) is 0 Å². The highest BCUT2D eigenvalue weighted by molar-refractivity contribution is 9.10. The second-order valence-electron chi connectivity index (χ2n) is 5.99. The van der Waals surface area contributed by atoms with E-state index in [0.29, 0.717) is 12.1 Å². The zero-order chi connectivity index (χ0) is 17.1. The Morgan fingerprint density at radius 1 is 1.17 bits per heavy atom. The molecule has 1 heterocycles. The summed E-state index contributed by atoms with van der Waals surface area (Å²) in [5.74, 6) is 0.197. The van der Waals surface area contributed by atoms with Crippen LogP contribution in [0.25, 0.3) is 10.9 Å². The third-order valence-electron chi connectivity index (χ3n) is 4.08. The van der Waals surface area contributed by atoms with Crippen molar-refractivity contribution in [2.75, 3.05) is 6.54 Å². The van der Waals surface area contributed by atoms with Crippen molar-refractivity contribution in [2.45, 2.75) is 19.8 Å². The number of hydrogen-bond donors (Lipinski definition) is 1.